The molecule has 0 unspecified atom stereocenters. The lowest BCUT2D eigenvalue weighted by Gasteiger charge is -2.32. The Morgan fingerprint density at radius 1 is 1.25 bits per heavy atom. The monoisotopic (exact) mass is 346 g/mol. The number of nitrogens with zero attached hydrogens (tertiary/aromatic N) is 2. The van der Waals surface area contributed by atoms with Crippen LogP contribution < -0.4 is 0 Å². The van der Waals surface area contributed by atoms with Crippen LogP contribution in [-0.2, 0) is 17.8 Å². The van der Waals surface area contributed by atoms with Gasteiger partial charge in [0.05, 0.1) is 30.6 Å². The van der Waals surface area contributed by atoms with Crippen molar-refractivity contribution in [2.24, 2.45) is 0 Å². The number of aromatic nitrogens is 2. The zero-order chi connectivity index (χ0) is 17.2. The Morgan fingerprint density at radius 3 is 2.71 bits per heavy atom. The normalized spacial score (nSPS) is 17.3. The zero-order valence-corrected chi connectivity index (χ0v) is 14.7. The maximum Gasteiger partial charge on any atom is 0.160 e. The average molecular weight is 346 g/mol. The van der Waals surface area contributed by atoms with Gasteiger partial charge in [-0.1, -0.05) is 30.3 Å². The first kappa shape index (κ1) is 17.4. The number of ether oxygens (including phenoxy) is 1. The van der Waals surface area contributed by atoms with E-state index >= 15 is 0 Å². The van der Waals surface area contributed by atoms with Crippen molar-refractivity contribution in [3.05, 3.63) is 41.6 Å². The van der Waals surface area contributed by atoms with E-state index in [0.29, 0.717) is 18.2 Å². The molecule has 3 rings (SSSR count). The highest BCUT2D eigenvalue weighted by Crippen LogP contribution is 2.34. The summed E-state index contributed by atoms with van der Waals surface area (Å²) in [5.41, 5.74) is 2.71. The highest BCUT2D eigenvalue weighted by Gasteiger charge is 2.30. The largest absolute Gasteiger partial charge is 0.394 e. The predicted octanol–water partition coefficient (Wildman–Crippen LogP) is 2.44. The SMILES string of the molecule is CC1(C)Cc2nc(-c3ccccc3)nc(SC[C@H](O)CO)c2CO1. The third kappa shape index (κ3) is 3.95. The number of thioether (sulfide) groups is 1. The summed E-state index contributed by atoms with van der Waals surface area (Å²) in [5, 5.41) is 19.5. The molecule has 2 N–H and O–H groups in total. The van der Waals surface area contributed by atoms with E-state index in [1.54, 1.807) is 0 Å². The van der Waals surface area contributed by atoms with Crippen molar-refractivity contribution < 1.29 is 14.9 Å². The van der Waals surface area contributed by atoms with Gasteiger partial charge < -0.3 is 14.9 Å². The van der Waals surface area contributed by atoms with Crippen LogP contribution in [0.1, 0.15) is 25.1 Å². The molecule has 6 heteroatoms. The molecule has 1 aliphatic heterocycles. The smallest absolute Gasteiger partial charge is 0.160 e. The standard InChI is InChI=1S/C18H22N2O3S/c1-18(2)8-15-14(10-23-18)17(24-11-13(22)9-21)20-16(19-15)12-6-4-3-5-7-12/h3-7,13,21-22H,8-11H2,1-2H3/t13-/m1/s1. The van der Waals surface area contributed by atoms with E-state index in [1.807, 2.05) is 30.3 Å². The molecule has 0 radical (unpaired) electrons. The molecular formula is C18H22N2O3S. The average Bonchev–Trinajstić information content (AvgIpc) is 2.58. The fourth-order valence-electron chi connectivity index (χ4n) is 2.58. The van der Waals surface area contributed by atoms with E-state index in [4.69, 9.17) is 14.8 Å². The van der Waals surface area contributed by atoms with Gasteiger partial charge in [-0.05, 0) is 13.8 Å². The van der Waals surface area contributed by atoms with Gasteiger partial charge in [0.2, 0.25) is 0 Å². The molecule has 24 heavy (non-hydrogen) atoms. The molecule has 2 heterocycles. The minimum Gasteiger partial charge on any atom is -0.394 e. The number of hydrogen-bond donors (Lipinski definition) is 2. The Bertz CT molecular complexity index is 707. The highest BCUT2D eigenvalue weighted by atomic mass is 32.2. The maximum absolute atomic E-state index is 9.65. The molecule has 1 aromatic carbocycles. The molecule has 128 valence electrons. The Labute approximate surface area is 146 Å². The fraction of sp³-hybridized carbons (Fsp3) is 0.444. The van der Waals surface area contributed by atoms with E-state index in [2.05, 4.69) is 18.8 Å². The van der Waals surface area contributed by atoms with Gasteiger partial charge in [0, 0.05) is 23.3 Å². The highest BCUT2D eigenvalue weighted by molar-refractivity contribution is 7.99. The molecule has 0 saturated heterocycles. The third-order valence-corrected chi connectivity index (χ3v) is 5.07. The van der Waals surface area contributed by atoms with Gasteiger partial charge in [-0.3, -0.25) is 0 Å². The van der Waals surface area contributed by atoms with Crippen molar-refractivity contribution in [2.75, 3.05) is 12.4 Å². The van der Waals surface area contributed by atoms with Crippen LogP contribution in [-0.4, -0.2) is 44.2 Å². The summed E-state index contributed by atoms with van der Waals surface area (Å²) in [5.74, 6) is 1.07. The first-order valence-corrected chi connectivity index (χ1v) is 8.98. The van der Waals surface area contributed by atoms with E-state index in [9.17, 15) is 5.11 Å². The van der Waals surface area contributed by atoms with Crippen LogP contribution in [0.15, 0.2) is 35.4 Å². The van der Waals surface area contributed by atoms with Gasteiger partial charge in [-0.15, -0.1) is 11.8 Å². The van der Waals surface area contributed by atoms with Crippen molar-refractivity contribution in [3.8, 4) is 11.4 Å². The summed E-state index contributed by atoms with van der Waals surface area (Å²) in [6, 6.07) is 9.87. The Morgan fingerprint density at radius 2 is 2.00 bits per heavy atom. The number of aliphatic hydroxyl groups excluding tert-OH is 2. The minimum atomic E-state index is -0.762. The van der Waals surface area contributed by atoms with Crippen LogP contribution in [0.2, 0.25) is 0 Å². The van der Waals surface area contributed by atoms with E-state index in [-0.39, 0.29) is 12.2 Å². The maximum atomic E-state index is 9.65. The third-order valence-electron chi connectivity index (χ3n) is 3.91. The summed E-state index contributed by atoms with van der Waals surface area (Å²) in [6.45, 7) is 4.33. The van der Waals surface area contributed by atoms with E-state index in [1.165, 1.54) is 11.8 Å². The number of aliphatic hydroxyl groups is 2. The van der Waals surface area contributed by atoms with Gasteiger partial charge in [0.1, 0.15) is 5.03 Å². The lowest BCUT2D eigenvalue weighted by molar-refractivity contribution is -0.0428. The summed E-state index contributed by atoms with van der Waals surface area (Å²) < 4.78 is 5.91. The number of rotatable bonds is 5. The first-order chi connectivity index (χ1) is 11.5. The van der Waals surface area contributed by atoms with Crippen molar-refractivity contribution in [1.29, 1.82) is 0 Å². The first-order valence-electron chi connectivity index (χ1n) is 7.99. The molecule has 0 bridgehead atoms. The molecule has 1 aliphatic rings. The molecule has 1 aromatic heterocycles. The molecule has 2 aromatic rings. The summed E-state index contributed by atoms with van der Waals surface area (Å²) in [4.78, 5) is 9.46. The van der Waals surface area contributed by atoms with Gasteiger partial charge >= 0.3 is 0 Å². The summed E-state index contributed by atoms with van der Waals surface area (Å²) in [7, 11) is 0. The van der Waals surface area contributed by atoms with Gasteiger partial charge in [-0.25, -0.2) is 9.97 Å². The summed E-state index contributed by atoms with van der Waals surface area (Å²) in [6.07, 6.45) is -0.0393. The Hall–Kier alpha value is -1.47. The lowest BCUT2D eigenvalue weighted by atomic mass is 9.96. The topological polar surface area (TPSA) is 75.5 Å². The van der Waals surface area contributed by atoms with Crippen molar-refractivity contribution >= 4 is 11.8 Å². The van der Waals surface area contributed by atoms with Crippen LogP contribution in [0, 0.1) is 0 Å². The van der Waals surface area contributed by atoms with Crippen molar-refractivity contribution in [3.63, 3.8) is 0 Å². The number of benzene rings is 1. The van der Waals surface area contributed by atoms with Gasteiger partial charge in [0.15, 0.2) is 5.82 Å². The van der Waals surface area contributed by atoms with Crippen LogP contribution in [0.4, 0.5) is 0 Å². The van der Waals surface area contributed by atoms with Crippen LogP contribution in [0.25, 0.3) is 11.4 Å². The van der Waals surface area contributed by atoms with E-state index < -0.39 is 6.10 Å². The molecular weight excluding hydrogens is 324 g/mol. The molecule has 5 nitrogen and oxygen atoms in total. The summed E-state index contributed by atoms with van der Waals surface area (Å²) >= 11 is 1.44. The van der Waals surface area contributed by atoms with Crippen LogP contribution in [0.3, 0.4) is 0 Å². The molecule has 0 spiro atoms. The van der Waals surface area contributed by atoms with Crippen LogP contribution >= 0.6 is 11.8 Å². The molecule has 0 amide bonds. The number of fused-ring (bicyclic) bond motifs is 1. The second kappa shape index (κ2) is 7.19. The second-order valence-corrected chi connectivity index (χ2v) is 7.52. The van der Waals surface area contributed by atoms with E-state index in [0.717, 1.165) is 28.3 Å². The second-order valence-electron chi connectivity index (χ2n) is 6.52. The Kier molecular flexibility index (Phi) is 5.20. The van der Waals surface area contributed by atoms with Crippen molar-refractivity contribution in [1.82, 2.24) is 9.97 Å². The quantitative estimate of drug-likeness (QED) is 0.640. The lowest BCUT2D eigenvalue weighted by Crippen LogP contribution is -2.33. The Balaban J connectivity index is 2.00. The number of hydrogen-bond acceptors (Lipinski definition) is 6. The fourth-order valence-corrected chi connectivity index (χ4v) is 3.54. The molecule has 0 saturated carbocycles. The molecule has 1 atom stereocenters. The van der Waals surface area contributed by atoms with Gasteiger partial charge in [-0.2, -0.15) is 0 Å². The zero-order valence-electron chi connectivity index (χ0n) is 13.9. The van der Waals surface area contributed by atoms with Crippen LogP contribution in [0.5, 0.6) is 0 Å². The molecule has 0 aliphatic carbocycles. The molecule has 0 fully saturated rings. The minimum absolute atomic E-state index is 0.248. The van der Waals surface area contributed by atoms with Crippen molar-refractivity contribution in [2.45, 2.75) is 43.6 Å². The predicted molar refractivity (Wildman–Crippen MR) is 93.9 cm³/mol. The van der Waals surface area contributed by atoms with Gasteiger partial charge in [0.25, 0.3) is 0 Å².